The van der Waals surface area contributed by atoms with E-state index in [1.807, 2.05) is 0 Å². The average molecular weight is 283 g/mol. The molecule has 0 aromatic heterocycles. The number of aliphatic hydroxyl groups excluding tert-OH is 3. The summed E-state index contributed by atoms with van der Waals surface area (Å²) in [6.07, 6.45) is 0.746. The van der Waals surface area contributed by atoms with Gasteiger partial charge in [0.25, 0.3) is 0 Å². The number of aliphatic hydroxyl groups is 3. The van der Waals surface area contributed by atoms with E-state index in [4.69, 9.17) is 5.11 Å². The monoisotopic (exact) mass is 282 g/mol. The molecule has 1 aliphatic heterocycles. The molecular weight excluding hydrogens is 260 g/mol. The predicted octanol–water partition coefficient (Wildman–Crippen LogP) is -1.23. The second-order valence-electron chi connectivity index (χ2n) is 4.41. The van der Waals surface area contributed by atoms with E-state index in [1.165, 1.54) is 0 Å². The second kappa shape index (κ2) is 8.66. The lowest BCUT2D eigenvalue weighted by Crippen LogP contribution is -2.47. The van der Waals surface area contributed by atoms with Crippen molar-refractivity contribution in [3.05, 3.63) is 0 Å². The number of unbranched alkanes of at least 4 members (excludes halogenated alkanes) is 2. The van der Waals surface area contributed by atoms with Gasteiger partial charge in [0.1, 0.15) is 12.1 Å². The van der Waals surface area contributed by atoms with Crippen molar-refractivity contribution in [2.75, 3.05) is 13.2 Å². The number of rotatable bonds is 6. The molecule has 0 saturated carbocycles. The fraction of sp³-hybridized carbons (Fsp3) is 0.909. The molecule has 1 fully saturated rings. The van der Waals surface area contributed by atoms with Crippen LogP contribution in [-0.2, 0) is 4.79 Å². The van der Waals surface area contributed by atoms with Gasteiger partial charge in [0.15, 0.2) is 0 Å². The van der Waals surface area contributed by atoms with Crippen LogP contribution in [-0.4, -0.2) is 58.7 Å². The van der Waals surface area contributed by atoms with Crippen LogP contribution in [0.3, 0.4) is 0 Å². The molecule has 0 unspecified atom stereocenters. The Morgan fingerprint density at radius 1 is 1.28 bits per heavy atom. The molecule has 1 rings (SSSR count). The fourth-order valence-corrected chi connectivity index (χ4v) is 1.95. The van der Waals surface area contributed by atoms with Crippen LogP contribution in [0.15, 0.2) is 0 Å². The van der Waals surface area contributed by atoms with Crippen molar-refractivity contribution in [1.82, 2.24) is 10.6 Å². The molecule has 4 atom stereocenters. The van der Waals surface area contributed by atoms with Crippen LogP contribution < -0.4 is 10.6 Å². The van der Waals surface area contributed by atoms with E-state index in [1.54, 1.807) is 0 Å². The Balaban J connectivity index is 0.00000289. The number of nitrogens with one attached hydrogen (secondary N) is 2. The molecule has 18 heavy (non-hydrogen) atoms. The van der Waals surface area contributed by atoms with Gasteiger partial charge in [0.2, 0.25) is 5.91 Å². The zero-order valence-electron chi connectivity index (χ0n) is 10.5. The maximum atomic E-state index is 11.7. The van der Waals surface area contributed by atoms with E-state index < -0.39 is 24.3 Å². The van der Waals surface area contributed by atoms with Crippen LogP contribution in [0.5, 0.6) is 0 Å². The van der Waals surface area contributed by atoms with Gasteiger partial charge in [-0.15, -0.1) is 12.4 Å². The summed E-state index contributed by atoms with van der Waals surface area (Å²) in [6, 6.07) is -1.49. The zero-order chi connectivity index (χ0) is 12.8. The SMILES string of the molecule is CCCCCNC(=O)[C@@H]1N[C@H](CO)[C@H](O)[C@@H]1O.Cl. The van der Waals surface area contributed by atoms with Crippen molar-refractivity contribution < 1.29 is 20.1 Å². The van der Waals surface area contributed by atoms with Gasteiger partial charge < -0.3 is 20.6 Å². The first kappa shape index (κ1) is 17.6. The Labute approximate surface area is 113 Å². The summed E-state index contributed by atoms with van der Waals surface area (Å²) in [6.45, 7) is 2.33. The van der Waals surface area contributed by atoms with Crippen LogP contribution in [0.4, 0.5) is 0 Å². The smallest absolute Gasteiger partial charge is 0.239 e. The third kappa shape index (κ3) is 4.37. The molecule has 6 nitrogen and oxygen atoms in total. The first-order chi connectivity index (χ1) is 8.11. The number of hydrogen-bond acceptors (Lipinski definition) is 5. The van der Waals surface area contributed by atoms with E-state index in [2.05, 4.69) is 17.6 Å². The minimum atomic E-state index is -1.17. The maximum absolute atomic E-state index is 11.7. The highest BCUT2D eigenvalue weighted by atomic mass is 35.5. The quantitative estimate of drug-likeness (QED) is 0.393. The molecule has 0 radical (unpaired) electrons. The van der Waals surface area contributed by atoms with E-state index in [-0.39, 0.29) is 24.9 Å². The van der Waals surface area contributed by atoms with Gasteiger partial charge in [0, 0.05) is 6.54 Å². The first-order valence-corrected chi connectivity index (χ1v) is 6.12. The van der Waals surface area contributed by atoms with E-state index in [9.17, 15) is 15.0 Å². The summed E-state index contributed by atoms with van der Waals surface area (Å²) >= 11 is 0. The third-order valence-corrected chi connectivity index (χ3v) is 3.06. The summed E-state index contributed by atoms with van der Waals surface area (Å²) in [7, 11) is 0. The summed E-state index contributed by atoms with van der Waals surface area (Å²) in [5, 5.41) is 33.5. The van der Waals surface area contributed by atoms with Gasteiger partial charge in [-0.3, -0.25) is 10.1 Å². The van der Waals surface area contributed by atoms with Crippen LogP contribution >= 0.6 is 12.4 Å². The summed E-state index contributed by atoms with van der Waals surface area (Å²) in [4.78, 5) is 11.7. The van der Waals surface area contributed by atoms with Crippen LogP contribution in [0, 0.1) is 0 Å². The molecule has 0 aromatic carbocycles. The topological polar surface area (TPSA) is 102 Å². The van der Waals surface area contributed by atoms with Crippen LogP contribution in [0.2, 0.25) is 0 Å². The maximum Gasteiger partial charge on any atom is 0.239 e. The molecule has 7 heteroatoms. The third-order valence-electron chi connectivity index (χ3n) is 3.06. The van der Waals surface area contributed by atoms with E-state index in [0.717, 1.165) is 19.3 Å². The summed E-state index contributed by atoms with van der Waals surface area (Å²) < 4.78 is 0. The van der Waals surface area contributed by atoms with Gasteiger partial charge in [-0.1, -0.05) is 19.8 Å². The Morgan fingerprint density at radius 2 is 1.94 bits per heavy atom. The fourth-order valence-electron chi connectivity index (χ4n) is 1.95. The van der Waals surface area contributed by atoms with Crippen molar-refractivity contribution in [2.24, 2.45) is 0 Å². The van der Waals surface area contributed by atoms with E-state index >= 15 is 0 Å². The molecule has 1 aliphatic rings. The second-order valence-corrected chi connectivity index (χ2v) is 4.41. The number of hydrogen-bond donors (Lipinski definition) is 5. The molecule has 108 valence electrons. The van der Waals surface area contributed by atoms with Gasteiger partial charge >= 0.3 is 0 Å². The number of carbonyl (C=O) groups is 1. The molecule has 1 saturated heterocycles. The molecule has 0 aliphatic carbocycles. The standard InChI is InChI=1S/C11H22N2O4.ClH/c1-2-3-4-5-12-11(17)8-10(16)9(15)7(6-14)13-8;/h7-10,13-16H,2-6H2,1H3,(H,12,17);1H/t7-,8-,9+,10-;/m1./s1. The van der Waals surface area contributed by atoms with E-state index in [0.29, 0.717) is 6.54 Å². The van der Waals surface area contributed by atoms with Crippen molar-refractivity contribution in [3.8, 4) is 0 Å². The average Bonchev–Trinajstić information content (AvgIpc) is 2.61. The molecular formula is C11H23ClN2O4. The van der Waals surface area contributed by atoms with Crippen LogP contribution in [0.1, 0.15) is 26.2 Å². The predicted molar refractivity (Wildman–Crippen MR) is 69.6 cm³/mol. The zero-order valence-corrected chi connectivity index (χ0v) is 11.3. The lowest BCUT2D eigenvalue weighted by Gasteiger charge is -2.15. The molecule has 5 N–H and O–H groups in total. The highest BCUT2D eigenvalue weighted by molar-refractivity contribution is 5.85. The highest BCUT2D eigenvalue weighted by Crippen LogP contribution is 2.14. The Hall–Kier alpha value is -0.400. The van der Waals surface area contributed by atoms with Crippen LogP contribution in [0.25, 0.3) is 0 Å². The minimum absolute atomic E-state index is 0. The number of halogens is 1. The van der Waals surface area contributed by atoms with Gasteiger partial charge in [0.05, 0.1) is 18.8 Å². The van der Waals surface area contributed by atoms with Crippen molar-refractivity contribution in [1.29, 1.82) is 0 Å². The van der Waals surface area contributed by atoms with Crippen molar-refractivity contribution in [3.63, 3.8) is 0 Å². The normalized spacial score (nSPS) is 30.9. The lowest BCUT2D eigenvalue weighted by molar-refractivity contribution is -0.125. The summed E-state index contributed by atoms with van der Waals surface area (Å²) in [5.41, 5.74) is 0. The molecule has 1 amide bonds. The lowest BCUT2D eigenvalue weighted by atomic mass is 10.1. The molecule has 1 heterocycles. The Bertz CT molecular complexity index is 255. The van der Waals surface area contributed by atoms with Gasteiger partial charge in [-0.2, -0.15) is 0 Å². The largest absolute Gasteiger partial charge is 0.395 e. The first-order valence-electron chi connectivity index (χ1n) is 6.12. The molecule has 0 spiro atoms. The highest BCUT2D eigenvalue weighted by Gasteiger charge is 2.43. The Morgan fingerprint density at radius 3 is 2.44 bits per heavy atom. The number of amides is 1. The molecule has 0 bridgehead atoms. The minimum Gasteiger partial charge on any atom is -0.395 e. The Kier molecular flexibility index (Phi) is 8.47. The van der Waals surface area contributed by atoms with Gasteiger partial charge in [-0.25, -0.2) is 0 Å². The van der Waals surface area contributed by atoms with Crippen molar-refractivity contribution >= 4 is 18.3 Å². The van der Waals surface area contributed by atoms with Gasteiger partial charge in [-0.05, 0) is 6.42 Å². The number of carbonyl (C=O) groups excluding carboxylic acids is 1. The summed E-state index contributed by atoms with van der Waals surface area (Å²) in [5.74, 6) is -0.330. The molecule has 0 aromatic rings. The van der Waals surface area contributed by atoms with Crippen molar-refractivity contribution in [2.45, 2.75) is 50.5 Å².